The van der Waals surface area contributed by atoms with E-state index in [-0.39, 0.29) is 5.91 Å². The van der Waals surface area contributed by atoms with E-state index in [1.165, 1.54) is 5.57 Å². The van der Waals surface area contributed by atoms with Crippen molar-refractivity contribution in [3.63, 3.8) is 0 Å². The van der Waals surface area contributed by atoms with Gasteiger partial charge in [-0.25, -0.2) is 4.68 Å². The lowest BCUT2D eigenvalue weighted by Crippen LogP contribution is -2.35. The Bertz CT molecular complexity index is 723. The van der Waals surface area contributed by atoms with E-state index >= 15 is 0 Å². The third kappa shape index (κ3) is 4.57. The number of anilines is 1. The number of piperidine rings is 1. The van der Waals surface area contributed by atoms with Crippen molar-refractivity contribution in [2.75, 3.05) is 25.0 Å². The Morgan fingerprint density at radius 3 is 2.60 bits per heavy atom. The van der Waals surface area contributed by atoms with Crippen LogP contribution in [-0.4, -0.2) is 40.2 Å². The van der Waals surface area contributed by atoms with Crippen molar-refractivity contribution in [2.45, 2.75) is 32.7 Å². The van der Waals surface area contributed by atoms with Gasteiger partial charge in [0.05, 0.1) is 12.2 Å². The van der Waals surface area contributed by atoms with Crippen LogP contribution >= 0.6 is 0 Å². The lowest BCUT2D eigenvalue weighted by molar-refractivity contribution is 0.102. The molecule has 1 amide bonds. The van der Waals surface area contributed by atoms with Crippen molar-refractivity contribution >= 4 is 11.7 Å². The third-order valence-corrected chi connectivity index (χ3v) is 4.61. The molecule has 1 saturated heterocycles. The summed E-state index contributed by atoms with van der Waals surface area (Å²) in [5.74, 6) is 0.681. The molecule has 0 atom stereocenters. The smallest absolute Gasteiger partial charge is 0.256 e. The Morgan fingerprint density at radius 2 is 1.92 bits per heavy atom. The van der Waals surface area contributed by atoms with Gasteiger partial charge in [-0.1, -0.05) is 29.8 Å². The number of benzene rings is 1. The molecule has 2 aromatic rings. The second-order valence-electron chi connectivity index (χ2n) is 6.79. The van der Waals surface area contributed by atoms with Crippen LogP contribution in [0.3, 0.4) is 0 Å². The van der Waals surface area contributed by atoms with Crippen LogP contribution in [0.25, 0.3) is 0 Å². The highest BCUT2D eigenvalue weighted by atomic mass is 16.1. The number of carbonyl (C=O) groups excluding carboxylic acids is 1. The number of aromatic nitrogens is 2. The summed E-state index contributed by atoms with van der Waals surface area (Å²) >= 11 is 0. The largest absolute Gasteiger partial charge is 0.307 e. The Hall–Kier alpha value is -2.40. The van der Waals surface area contributed by atoms with E-state index in [4.69, 9.17) is 0 Å². The second kappa shape index (κ2) is 8.12. The predicted octanol–water partition coefficient (Wildman–Crippen LogP) is 3.74. The van der Waals surface area contributed by atoms with Crippen molar-refractivity contribution < 1.29 is 4.79 Å². The molecule has 3 rings (SSSR count). The third-order valence-electron chi connectivity index (χ3n) is 4.61. The number of hydrogen-bond donors (Lipinski definition) is 1. The maximum Gasteiger partial charge on any atom is 0.256 e. The van der Waals surface area contributed by atoms with Crippen LogP contribution in [0.4, 0.5) is 5.82 Å². The maximum atomic E-state index is 12.4. The average Bonchev–Trinajstić information content (AvgIpc) is 3.09. The van der Waals surface area contributed by atoms with Gasteiger partial charge in [0.25, 0.3) is 5.91 Å². The van der Waals surface area contributed by atoms with Crippen molar-refractivity contribution in [3.8, 4) is 0 Å². The minimum atomic E-state index is -0.0941. The molecular weight excluding hydrogens is 312 g/mol. The first-order valence-electron chi connectivity index (χ1n) is 8.89. The molecule has 1 N–H and O–H groups in total. The van der Waals surface area contributed by atoms with Crippen LogP contribution in [0, 0.1) is 0 Å². The molecule has 0 saturated carbocycles. The summed E-state index contributed by atoms with van der Waals surface area (Å²) in [4.78, 5) is 14.8. The van der Waals surface area contributed by atoms with Crippen LogP contribution < -0.4 is 5.32 Å². The van der Waals surface area contributed by atoms with Gasteiger partial charge >= 0.3 is 0 Å². The van der Waals surface area contributed by atoms with E-state index in [9.17, 15) is 4.79 Å². The molecule has 5 nitrogen and oxygen atoms in total. The Kier molecular flexibility index (Phi) is 5.66. The molecule has 1 aromatic carbocycles. The molecule has 0 unspecified atom stereocenters. The van der Waals surface area contributed by atoms with E-state index in [2.05, 4.69) is 35.2 Å². The number of likely N-dealkylation sites (tertiary alicyclic amines) is 1. The molecular formula is C20H26N4O. The Balaban J connectivity index is 1.61. The van der Waals surface area contributed by atoms with E-state index in [0.717, 1.165) is 38.3 Å². The summed E-state index contributed by atoms with van der Waals surface area (Å²) in [7, 11) is 0. The molecule has 0 bridgehead atoms. The van der Waals surface area contributed by atoms with Crippen molar-refractivity contribution in [1.82, 2.24) is 14.7 Å². The molecule has 1 fully saturated rings. The molecule has 1 aromatic heterocycles. The van der Waals surface area contributed by atoms with Gasteiger partial charge in [0, 0.05) is 31.3 Å². The predicted molar refractivity (Wildman–Crippen MR) is 101 cm³/mol. The highest BCUT2D eigenvalue weighted by Crippen LogP contribution is 2.25. The van der Waals surface area contributed by atoms with E-state index in [1.54, 1.807) is 6.20 Å². The fourth-order valence-electron chi connectivity index (χ4n) is 3.14. The number of amides is 1. The van der Waals surface area contributed by atoms with Crippen LogP contribution in [0.15, 0.2) is 54.2 Å². The minimum absolute atomic E-state index is 0.0941. The molecule has 25 heavy (non-hydrogen) atoms. The van der Waals surface area contributed by atoms with E-state index in [1.807, 2.05) is 41.1 Å². The van der Waals surface area contributed by atoms with Crippen molar-refractivity contribution in [3.05, 3.63) is 59.8 Å². The second-order valence-corrected chi connectivity index (χ2v) is 6.79. The molecule has 0 aliphatic carbocycles. The first-order chi connectivity index (χ1) is 12.1. The highest BCUT2D eigenvalue weighted by molar-refractivity contribution is 6.03. The molecule has 0 radical (unpaired) electrons. The molecule has 1 aliphatic rings. The first-order valence-corrected chi connectivity index (χ1v) is 8.89. The summed E-state index contributed by atoms with van der Waals surface area (Å²) in [6.07, 6.45) is 6.13. The van der Waals surface area contributed by atoms with Gasteiger partial charge in [-0.15, -0.1) is 0 Å². The number of rotatable bonds is 5. The van der Waals surface area contributed by atoms with Gasteiger partial charge in [-0.2, -0.15) is 5.10 Å². The number of allylic oxidation sites excluding steroid dienone is 1. The van der Waals surface area contributed by atoms with E-state index in [0.29, 0.717) is 11.6 Å². The number of hydrogen-bond acceptors (Lipinski definition) is 3. The first kappa shape index (κ1) is 17.4. The summed E-state index contributed by atoms with van der Waals surface area (Å²) < 4.78 is 1.97. The highest BCUT2D eigenvalue weighted by Gasteiger charge is 2.22. The fraction of sp³-hybridized carbons (Fsp3) is 0.400. The van der Waals surface area contributed by atoms with Gasteiger partial charge in [0.15, 0.2) is 0 Å². The number of nitrogens with one attached hydrogen (secondary N) is 1. The zero-order valence-corrected chi connectivity index (χ0v) is 15.0. The van der Waals surface area contributed by atoms with Crippen molar-refractivity contribution in [1.29, 1.82) is 0 Å². The van der Waals surface area contributed by atoms with Crippen LogP contribution in [0.1, 0.15) is 43.1 Å². The summed E-state index contributed by atoms with van der Waals surface area (Å²) in [6.45, 7) is 7.41. The molecule has 0 spiro atoms. The molecule has 2 heterocycles. The summed E-state index contributed by atoms with van der Waals surface area (Å²) in [6, 6.07) is 11.5. The van der Waals surface area contributed by atoms with Gasteiger partial charge in [-0.05, 0) is 38.8 Å². The molecule has 1 aliphatic heterocycles. The fourth-order valence-corrected chi connectivity index (χ4v) is 3.14. The molecule has 5 heteroatoms. The summed E-state index contributed by atoms with van der Waals surface area (Å²) in [5, 5.41) is 7.45. The lowest BCUT2D eigenvalue weighted by atomic mass is 10.1. The van der Waals surface area contributed by atoms with Gasteiger partial charge in [-0.3, -0.25) is 9.69 Å². The number of nitrogens with zero attached hydrogens (tertiary/aromatic N) is 3. The molecule has 132 valence electrons. The standard InChI is InChI=1S/C20H26N4O/c1-16(2)9-13-23-14-10-18(11-15-23)24-19(8-12-21-24)22-20(25)17-6-4-3-5-7-17/h3-9,12,18H,10-11,13-15H2,1-2H3,(H,22,25). The van der Waals surface area contributed by atoms with Crippen LogP contribution in [0.5, 0.6) is 0 Å². The SMILES string of the molecule is CC(C)=CCN1CCC(n2nccc2NC(=O)c2ccccc2)CC1. The minimum Gasteiger partial charge on any atom is -0.307 e. The Labute approximate surface area is 149 Å². The van der Waals surface area contributed by atoms with Crippen LogP contribution in [-0.2, 0) is 0 Å². The van der Waals surface area contributed by atoms with Gasteiger partial charge < -0.3 is 5.32 Å². The zero-order chi connectivity index (χ0) is 17.6. The normalized spacial score (nSPS) is 15.8. The maximum absolute atomic E-state index is 12.4. The van der Waals surface area contributed by atoms with Gasteiger partial charge in [0.1, 0.15) is 5.82 Å². The lowest BCUT2D eigenvalue weighted by Gasteiger charge is -2.32. The monoisotopic (exact) mass is 338 g/mol. The topological polar surface area (TPSA) is 50.2 Å². The summed E-state index contributed by atoms with van der Waals surface area (Å²) in [5.41, 5.74) is 2.02. The number of carbonyl (C=O) groups is 1. The van der Waals surface area contributed by atoms with Gasteiger partial charge in [0.2, 0.25) is 0 Å². The Morgan fingerprint density at radius 1 is 1.20 bits per heavy atom. The van der Waals surface area contributed by atoms with E-state index < -0.39 is 0 Å². The quantitative estimate of drug-likeness (QED) is 0.845. The van der Waals surface area contributed by atoms with Crippen molar-refractivity contribution in [2.24, 2.45) is 0 Å². The zero-order valence-electron chi connectivity index (χ0n) is 15.0. The average molecular weight is 338 g/mol. The van der Waals surface area contributed by atoms with Crippen LogP contribution in [0.2, 0.25) is 0 Å².